The first kappa shape index (κ1) is 28.5. The minimum atomic E-state index is -0.663. The van der Waals surface area contributed by atoms with Crippen molar-refractivity contribution in [1.29, 1.82) is 0 Å². The number of carbonyl (C=O) groups is 1. The van der Waals surface area contributed by atoms with Gasteiger partial charge in [-0.15, -0.1) is 0 Å². The van der Waals surface area contributed by atoms with Crippen molar-refractivity contribution < 1.29 is 29.2 Å². The molecular weight excluding hydrogens is 348 g/mol. The van der Waals surface area contributed by atoms with Gasteiger partial charge >= 0.3 is 5.97 Å². The van der Waals surface area contributed by atoms with Crippen LogP contribution < -0.4 is 0 Å². The summed E-state index contributed by atoms with van der Waals surface area (Å²) in [5.74, 6) is -0.663. The molecule has 6 nitrogen and oxygen atoms in total. The van der Waals surface area contributed by atoms with Gasteiger partial charge in [0.05, 0.1) is 38.1 Å². The maximum Gasteiger partial charge on any atom is 0.303 e. The van der Waals surface area contributed by atoms with E-state index in [9.17, 15) is 4.79 Å². The molecule has 0 amide bonds. The first-order valence-corrected chi connectivity index (χ1v) is 10.5. The van der Waals surface area contributed by atoms with Gasteiger partial charge in [-0.25, -0.2) is 0 Å². The highest BCUT2D eigenvalue weighted by Gasteiger charge is 2.08. The van der Waals surface area contributed by atoms with E-state index in [0.717, 1.165) is 12.8 Å². The molecule has 0 aliphatic carbocycles. The number of aliphatic carboxylic acids is 1. The van der Waals surface area contributed by atoms with E-state index >= 15 is 0 Å². The number of hydrogen-bond acceptors (Lipinski definition) is 5. The Morgan fingerprint density at radius 3 is 1.74 bits per heavy atom. The summed E-state index contributed by atoms with van der Waals surface area (Å²) in [6, 6.07) is 0. The summed E-state index contributed by atoms with van der Waals surface area (Å²) >= 11 is 0. The first-order chi connectivity index (χ1) is 12.9. The molecule has 0 saturated carbocycles. The van der Waals surface area contributed by atoms with Crippen molar-refractivity contribution in [3.63, 3.8) is 0 Å². The molecule has 0 aliphatic rings. The molecule has 0 rings (SSSR count). The summed E-state index contributed by atoms with van der Waals surface area (Å²) < 4.78 is 16.2. The van der Waals surface area contributed by atoms with E-state index in [-0.39, 0.29) is 24.9 Å². The molecule has 27 heavy (non-hydrogen) atoms. The highest BCUT2D eigenvalue weighted by Crippen LogP contribution is 2.08. The van der Waals surface area contributed by atoms with Crippen LogP contribution in [0, 0.1) is 0 Å². The van der Waals surface area contributed by atoms with Crippen LogP contribution in [0.3, 0.4) is 0 Å². The fourth-order valence-corrected chi connectivity index (χ4v) is 2.27. The second kappa shape index (κ2) is 21.6. The molecule has 0 bridgehead atoms. The largest absolute Gasteiger partial charge is 0.481 e. The lowest BCUT2D eigenvalue weighted by Gasteiger charge is -2.18. The van der Waals surface area contributed by atoms with E-state index < -0.39 is 5.97 Å². The van der Waals surface area contributed by atoms with Crippen molar-refractivity contribution >= 4 is 5.97 Å². The van der Waals surface area contributed by atoms with Crippen LogP contribution in [0.25, 0.3) is 0 Å². The quantitative estimate of drug-likeness (QED) is 0.356. The van der Waals surface area contributed by atoms with Crippen molar-refractivity contribution in [1.82, 2.24) is 0 Å². The Hall–Kier alpha value is -0.690. The van der Waals surface area contributed by atoms with Crippen LogP contribution in [-0.2, 0) is 19.0 Å². The van der Waals surface area contributed by atoms with Gasteiger partial charge in [0, 0.05) is 13.0 Å². The molecule has 2 N–H and O–H groups in total. The molecule has 3 atom stereocenters. The van der Waals surface area contributed by atoms with Gasteiger partial charge in [0.2, 0.25) is 0 Å². The molecular formula is C21H44O6. The second-order valence-electron chi connectivity index (χ2n) is 7.00. The zero-order chi connectivity index (χ0) is 20.9. The minimum Gasteiger partial charge on any atom is -0.481 e. The van der Waals surface area contributed by atoms with Crippen LogP contribution in [0.4, 0.5) is 0 Å². The van der Waals surface area contributed by atoms with Crippen LogP contribution in [0.1, 0.15) is 86.0 Å². The fourth-order valence-electron chi connectivity index (χ4n) is 2.27. The zero-order valence-electron chi connectivity index (χ0n) is 18.2. The lowest BCUT2D eigenvalue weighted by Crippen LogP contribution is -2.26. The zero-order valence-corrected chi connectivity index (χ0v) is 18.2. The van der Waals surface area contributed by atoms with Gasteiger partial charge in [-0.1, -0.05) is 45.4 Å². The monoisotopic (exact) mass is 392 g/mol. The summed E-state index contributed by atoms with van der Waals surface area (Å²) in [5, 5.41) is 17.1. The van der Waals surface area contributed by atoms with Crippen LogP contribution in [-0.4, -0.2) is 60.9 Å². The van der Waals surface area contributed by atoms with Crippen LogP contribution in [0.5, 0.6) is 0 Å². The minimum absolute atomic E-state index is 0.0295. The summed E-state index contributed by atoms with van der Waals surface area (Å²) in [5.41, 5.74) is 0. The molecule has 0 spiro atoms. The number of aliphatic hydroxyl groups is 1. The molecule has 164 valence electrons. The predicted octanol–water partition coefficient (Wildman–Crippen LogP) is 4.43. The Balaban J connectivity index is 0. The molecule has 0 aromatic carbocycles. The van der Waals surface area contributed by atoms with Crippen molar-refractivity contribution in [3.05, 3.63) is 0 Å². The third-order valence-corrected chi connectivity index (χ3v) is 3.93. The molecule has 0 radical (unpaired) electrons. The van der Waals surface area contributed by atoms with Crippen molar-refractivity contribution in [2.75, 3.05) is 26.4 Å². The van der Waals surface area contributed by atoms with Crippen LogP contribution in [0.15, 0.2) is 0 Å². The number of carboxylic acid groups (broad SMARTS) is 1. The van der Waals surface area contributed by atoms with Crippen LogP contribution >= 0.6 is 0 Å². The third-order valence-electron chi connectivity index (χ3n) is 3.93. The summed E-state index contributed by atoms with van der Waals surface area (Å²) in [6.07, 6.45) is 8.67. The Kier molecular flexibility index (Phi) is 22.8. The lowest BCUT2D eigenvalue weighted by atomic mass is 10.1. The van der Waals surface area contributed by atoms with E-state index in [2.05, 4.69) is 6.92 Å². The molecule has 0 saturated heterocycles. The number of rotatable bonds is 17. The van der Waals surface area contributed by atoms with E-state index in [1.807, 2.05) is 27.7 Å². The van der Waals surface area contributed by atoms with Gasteiger partial charge in [-0.3, -0.25) is 4.79 Å². The summed E-state index contributed by atoms with van der Waals surface area (Å²) in [4.78, 5) is 10.1. The van der Waals surface area contributed by atoms with E-state index in [1.54, 1.807) is 0 Å². The Morgan fingerprint density at radius 2 is 1.26 bits per heavy atom. The normalized spacial score (nSPS) is 14.1. The number of ether oxygens (including phenoxy) is 3. The summed E-state index contributed by atoms with van der Waals surface area (Å²) in [7, 11) is 0. The number of aliphatic hydroxyl groups excluding tert-OH is 1. The average Bonchev–Trinajstić information content (AvgIpc) is 2.64. The SMILES string of the molecule is CCCCCCCCCC(=O)O.CCOC(C)COC(C)COC(C)CO. The molecule has 3 unspecified atom stereocenters. The van der Waals surface area contributed by atoms with Crippen molar-refractivity contribution in [2.45, 2.75) is 104 Å². The smallest absolute Gasteiger partial charge is 0.303 e. The number of carboxylic acids is 1. The Labute approximate surface area is 166 Å². The third kappa shape index (κ3) is 25.3. The highest BCUT2D eigenvalue weighted by atomic mass is 16.6. The van der Waals surface area contributed by atoms with E-state index in [4.69, 9.17) is 24.4 Å². The number of hydrogen-bond donors (Lipinski definition) is 2. The molecule has 0 aromatic heterocycles. The number of unbranched alkanes of at least 4 members (excludes halogenated alkanes) is 6. The standard InChI is InChI=1S/C11H24O4.C10H20O2/c1-5-13-10(3)7-15-11(4)8-14-9(2)6-12;1-2-3-4-5-6-7-8-9-10(11)12/h9-12H,5-8H2,1-4H3;2-9H2,1H3,(H,11,12). The molecule has 6 heteroatoms. The maximum absolute atomic E-state index is 10.1. The first-order valence-electron chi connectivity index (χ1n) is 10.5. The van der Waals surface area contributed by atoms with Gasteiger partial charge in [0.25, 0.3) is 0 Å². The maximum atomic E-state index is 10.1. The fraction of sp³-hybridized carbons (Fsp3) is 0.952. The second-order valence-corrected chi connectivity index (χ2v) is 7.00. The topological polar surface area (TPSA) is 85.2 Å². The van der Waals surface area contributed by atoms with Gasteiger partial charge < -0.3 is 24.4 Å². The van der Waals surface area contributed by atoms with E-state index in [0.29, 0.717) is 26.2 Å². The van der Waals surface area contributed by atoms with Gasteiger partial charge in [0.1, 0.15) is 0 Å². The predicted molar refractivity (Wildman–Crippen MR) is 109 cm³/mol. The van der Waals surface area contributed by atoms with Gasteiger partial charge in [-0.05, 0) is 34.1 Å². The van der Waals surface area contributed by atoms with Crippen molar-refractivity contribution in [2.24, 2.45) is 0 Å². The van der Waals surface area contributed by atoms with Gasteiger partial charge in [0.15, 0.2) is 0 Å². The van der Waals surface area contributed by atoms with Crippen molar-refractivity contribution in [3.8, 4) is 0 Å². The Morgan fingerprint density at radius 1 is 0.778 bits per heavy atom. The van der Waals surface area contributed by atoms with Gasteiger partial charge in [-0.2, -0.15) is 0 Å². The molecule has 0 heterocycles. The molecule has 0 fully saturated rings. The molecule has 0 aliphatic heterocycles. The highest BCUT2D eigenvalue weighted by molar-refractivity contribution is 5.66. The lowest BCUT2D eigenvalue weighted by molar-refractivity contribution is -0.137. The Bertz CT molecular complexity index is 311. The van der Waals surface area contributed by atoms with Crippen LogP contribution in [0.2, 0.25) is 0 Å². The average molecular weight is 393 g/mol. The molecule has 0 aromatic rings. The summed E-state index contributed by atoms with van der Waals surface area (Å²) in [6.45, 7) is 11.7. The van der Waals surface area contributed by atoms with E-state index in [1.165, 1.54) is 32.1 Å².